The van der Waals surface area contributed by atoms with Gasteiger partial charge in [0.2, 0.25) is 0 Å². The van der Waals surface area contributed by atoms with Gasteiger partial charge in [-0.1, -0.05) is 18.2 Å². The first-order chi connectivity index (χ1) is 13.6. The van der Waals surface area contributed by atoms with Crippen molar-refractivity contribution in [2.24, 2.45) is 0 Å². The summed E-state index contributed by atoms with van der Waals surface area (Å²) in [6, 6.07) is 11.6. The highest BCUT2D eigenvalue weighted by Gasteiger charge is 2.38. The van der Waals surface area contributed by atoms with E-state index in [-0.39, 0.29) is 33.9 Å². The number of methoxy groups -OCH3 is 1. The molecule has 2 aromatic carbocycles. The highest BCUT2D eigenvalue weighted by Crippen LogP contribution is 2.26. The van der Waals surface area contributed by atoms with Crippen LogP contribution in [0, 0.1) is 0 Å². The van der Waals surface area contributed by atoms with E-state index in [0.717, 1.165) is 0 Å². The molecule has 1 fully saturated rings. The average Bonchev–Trinajstić information content (AvgIpc) is 3.08. The quantitative estimate of drug-likeness (QED) is 0.706. The highest BCUT2D eigenvalue weighted by molar-refractivity contribution is 7.96. The van der Waals surface area contributed by atoms with Crippen LogP contribution in [0.2, 0.25) is 0 Å². The lowest BCUT2D eigenvalue weighted by atomic mass is 10.1. The molecule has 0 aromatic heterocycles. The first-order valence-electron chi connectivity index (χ1n) is 8.67. The molecule has 1 aliphatic rings. The van der Waals surface area contributed by atoms with Gasteiger partial charge in [0.05, 0.1) is 40.0 Å². The zero-order valence-electron chi connectivity index (χ0n) is 15.5. The lowest BCUT2D eigenvalue weighted by Crippen LogP contribution is -2.23. The van der Waals surface area contributed by atoms with Gasteiger partial charge in [0.1, 0.15) is 0 Å². The number of rotatable bonds is 5. The maximum Gasteiger partial charge on any atom is 0.339 e. The predicted octanol–water partition coefficient (Wildman–Crippen LogP) is 1.69. The SMILES string of the molecule is COC(=O)c1ccccc1NC(=O)c1cccc(S(=O)(=O)[C@@H]2CCS(=O)(=O)C2)c1. The van der Waals surface area contributed by atoms with E-state index in [2.05, 4.69) is 10.1 Å². The van der Waals surface area contributed by atoms with Crippen LogP contribution in [0.3, 0.4) is 0 Å². The van der Waals surface area contributed by atoms with Crippen molar-refractivity contribution in [3.63, 3.8) is 0 Å². The number of carbonyl (C=O) groups is 2. The summed E-state index contributed by atoms with van der Waals surface area (Å²) in [6.07, 6.45) is 0.0353. The summed E-state index contributed by atoms with van der Waals surface area (Å²) in [6.45, 7) is 0. The summed E-state index contributed by atoms with van der Waals surface area (Å²) in [5.41, 5.74) is 0.439. The van der Waals surface area contributed by atoms with Gasteiger partial charge in [0.15, 0.2) is 19.7 Å². The Morgan fingerprint density at radius 1 is 1.10 bits per heavy atom. The lowest BCUT2D eigenvalue weighted by molar-refractivity contribution is 0.0602. The lowest BCUT2D eigenvalue weighted by Gasteiger charge is -2.12. The number of hydrogen-bond acceptors (Lipinski definition) is 7. The molecule has 0 saturated carbocycles. The van der Waals surface area contributed by atoms with E-state index < -0.39 is 42.6 Å². The van der Waals surface area contributed by atoms with Crippen molar-refractivity contribution in [1.29, 1.82) is 0 Å². The number of benzene rings is 2. The Morgan fingerprint density at radius 2 is 1.83 bits per heavy atom. The van der Waals surface area contributed by atoms with Crippen LogP contribution in [0.1, 0.15) is 27.1 Å². The van der Waals surface area contributed by atoms with E-state index >= 15 is 0 Å². The van der Waals surface area contributed by atoms with Crippen LogP contribution in [-0.2, 0) is 24.4 Å². The molecular weight excluding hydrogens is 418 g/mol. The molecule has 2 aromatic rings. The number of carbonyl (C=O) groups excluding carboxylic acids is 2. The molecule has 29 heavy (non-hydrogen) atoms. The third-order valence-electron chi connectivity index (χ3n) is 4.63. The molecule has 1 N–H and O–H groups in total. The topological polar surface area (TPSA) is 124 Å². The number of para-hydroxylation sites is 1. The van der Waals surface area contributed by atoms with Gasteiger partial charge < -0.3 is 10.1 Å². The van der Waals surface area contributed by atoms with Gasteiger partial charge in [-0.3, -0.25) is 4.79 Å². The average molecular weight is 437 g/mol. The highest BCUT2D eigenvalue weighted by atomic mass is 32.2. The maximum absolute atomic E-state index is 12.8. The van der Waals surface area contributed by atoms with E-state index in [9.17, 15) is 26.4 Å². The zero-order valence-corrected chi connectivity index (χ0v) is 17.1. The van der Waals surface area contributed by atoms with Gasteiger partial charge in [-0.2, -0.15) is 0 Å². The molecule has 3 rings (SSSR count). The molecule has 1 amide bonds. The van der Waals surface area contributed by atoms with Crippen LogP contribution in [-0.4, -0.2) is 52.6 Å². The Hall–Kier alpha value is -2.72. The van der Waals surface area contributed by atoms with E-state index in [1.165, 1.54) is 43.5 Å². The second-order valence-electron chi connectivity index (χ2n) is 6.59. The molecule has 0 unspecified atom stereocenters. The van der Waals surface area contributed by atoms with Crippen LogP contribution in [0.5, 0.6) is 0 Å². The largest absolute Gasteiger partial charge is 0.465 e. The Balaban J connectivity index is 1.87. The number of sulfone groups is 2. The van der Waals surface area contributed by atoms with E-state index in [1.807, 2.05) is 0 Å². The number of esters is 1. The summed E-state index contributed by atoms with van der Waals surface area (Å²) in [5.74, 6) is -1.82. The Morgan fingerprint density at radius 3 is 2.48 bits per heavy atom. The fourth-order valence-electron chi connectivity index (χ4n) is 3.09. The molecule has 1 aliphatic heterocycles. The fourth-order valence-corrected chi connectivity index (χ4v) is 7.49. The normalized spacial score (nSPS) is 18.2. The first kappa shape index (κ1) is 21.0. The molecular formula is C19H19NO7S2. The van der Waals surface area contributed by atoms with E-state index in [1.54, 1.807) is 12.1 Å². The third-order valence-corrected chi connectivity index (χ3v) is 8.80. The van der Waals surface area contributed by atoms with Crippen molar-refractivity contribution in [3.05, 3.63) is 59.7 Å². The van der Waals surface area contributed by atoms with Gasteiger partial charge in [-0.05, 0) is 36.8 Å². The van der Waals surface area contributed by atoms with E-state index in [0.29, 0.717) is 0 Å². The fraction of sp³-hybridized carbons (Fsp3) is 0.263. The van der Waals surface area contributed by atoms with Gasteiger partial charge in [-0.15, -0.1) is 0 Å². The van der Waals surface area contributed by atoms with Crippen molar-refractivity contribution in [3.8, 4) is 0 Å². The van der Waals surface area contributed by atoms with Crippen LogP contribution >= 0.6 is 0 Å². The molecule has 0 bridgehead atoms. The van der Waals surface area contributed by atoms with E-state index in [4.69, 9.17) is 0 Å². The van der Waals surface area contributed by atoms with Crippen molar-refractivity contribution < 1.29 is 31.2 Å². The van der Waals surface area contributed by atoms with Crippen molar-refractivity contribution in [1.82, 2.24) is 0 Å². The Bertz CT molecular complexity index is 1170. The standard InChI is InChI=1S/C19H19NO7S2/c1-27-19(22)16-7-2-3-8-17(16)20-18(21)13-5-4-6-14(11-13)29(25,26)15-9-10-28(23,24)12-15/h2-8,11,15H,9-10,12H2,1H3,(H,20,21)/t15-/m1/s1. The predicted molar refractivity (Wildman–Crippen MR) is 106 cm³/mol. The van der Waals surface area contributed by atoms with Crippen LogP contribution in [0.15, 0.2) is 53.4 Å². The third kappa shape index (κ3) is 4.48. The minimum Gasteiger partial charge on any atom is -0.465 e. The van der Waals surface area contributed by atoms with Crippen LogP contribution < -0.4 is 5.32 Å². The molecule has 1 saturated heterocycles. The van der Waals surface area contributed by atoms with Gasteiger partial charge in [0, 0.05) is 5.56 Å². The number of amides is 1. The maximum atomic E-state index is 12.8. The summed E-state index contributed by atoms with van der Waals surface area (Å²) < 4.78 is 53.5. The summed E-state index contributed by atoms with van der Waals surface area (Å²) >= 11 is 0. The number of nitrogens with one attached hydrogen (secondary N) is 1. The van der Waals surface area contributed by atoms with Crippen molar-refractivity contribution in [2.45, 2.75) is 16.6 Å². The van der Waals surface area contributed by atoms with Crippen LogP contribution in [0.4, 0.5) is 5.69 Å². The van der Waals surface area contributed by atoms with Gasteiger partial charge in [-0.25, -0.2) is 21.6 Å². The molecule has 0 radical (unpaired) electrons. The number of ether oxygens (including phenoxy) is 1. The Kier molecular flexibility index (Phi) is 5.76. The number of hydrogen-bond donors (Lipinski definition) is 1. The molecule has 0 spiro atoms. The van der Waals surface area contributed by atoms with Gasteiger partial charge >= 0.3 is 5.97 Å². The second kappa shape index (κ2) is 7.96. The van der Waals surface area contributed by atoms with Crippen LogP contribution in [0.25, 0.3) is 0 Å². The summed E-state index contributed by atoms with van der Waals surface area (Å²) in [7, 11) is -6.05. The number of anilines is 1. The Labute approximate surface area is 168 Å². The molecule has 0 aliphatic carbocycles. The summed E-state index contributed by atoms with van der Waals surface area (Å²) in [5, 5.41) is 1.55. The minimum atomic E-state index is -3.90. The smallest absolute Gasteiger partial charge is 0.339 e. The molecule has 1 atom stereocenters. The second-order valence-corrected chi connectivity index (χ2v) is 11.0. The van der Waals surface area contributed by atoms with Crippen molar-refractivity contribution in [2.75, 3.05) is 23.9 Å². The van der Waals surface area contributed by atoms with Gasteiger partial charge in [0.25, 0.3) is 5.91 Å². The molecule has 10 heteroatoms. The molecule has 154 valence electrons. The zero-order chi connectivity index (χ0) is 21.2. The molecule has 1 heterocycles. The first-order valence-corrected chi connectivity index (χ1v) is 12.0. The van der Waals surface area contributed by atoms with Crippen molar-refractivity contribution >= 4 is 37.2 Å². The summed E-state index contributed by atoms with van der Waals surface area (Å²) in [4.78, 5) is 24.3. The molecule has 8 nitrogen and oxygen atoms in total. The minimum absolute atomic E-state index is 0.0353. The monoisotopic (exact) mass is 437 g/mol.